The number of methoxy groups -OCH3 is 1. The highest BCUT2D eigenvalue weighted by atomic mass is 16.5. The van der Waals surface area contributed by atoms with E-state index in [0.29, 0.717) is 30.4 Å². The van der Waals surface area contributed by atoms with E-state index in [1.807, 2.05) is 18.2 Å². The van der Waals surface area contributed by atoms with Gasteiger partial charge in [-0.25, -0.2) is 0 Å². The number of hydrogen-bond acceptors (Lipinski definition) is 4. The molecular formula is C19H24N2O3. The Morgan fingerprint density at radius 1 is 1.25 bits per heavy atom. The van der Waals surface area contributed by atoms with Crippen LogP contribution < -0.4 is 14.8 Å². The lowest BCUT2D eigenvalue weighted by molar-refractivity contribution is 0.0950. The summed E-state index contributed by atoms with van der Waals surface area (Å²) in [5.74, 6) is 1.84. The lowest BCUT2D eigenvalue weighted by Crippen LogP contribution is -2.22. The number of nitrogens with one attached hydrogen (secondary N) is 1. The number of hydrogen-bond donors (Lipinski definition) is 1. The number of rotatable bonds is 8. The van der Waals surface area contributed by atoms with Gasteiger partial charge in [0.25, 0.3) is 5.91 Å². The molecule has 5 heteroatoms. The summed E-state index contributed by atoms with van der Waals surface area (Å²) in [6.07, 6.45) is 4.17. The van der Waals surface area contributed by atoms with E-state index in [1.165, 1.54) is 0 Å². The summed E-state index contributed by atoms with van der Waals surface area (Å²) in [7, 11) is 1.61. The molecule has 0 atom stereocenters. The molecule has 0 unspecified atom stereocenters. The SMILES string of the molecule is COc1cc(CNC(=O)c2cccnc2)ccc1OCCC(C)C. The van der Waals surface area contributed by atoms with Crippen LogP contribution in [-0.2, 0) is 6.54 Å². The fourth-order valence-electron chi connectivity index (χ4n) is 2.13. The van der Waals surface area contributed by atoms with Crippen molar-refractivity contribution in [3.8, 4) is 11.5 Å². The van der Waals surface area contributed by atoms with Crippen LogP contribution in [0.1, 0.15) is 36.2 Å². The van der Waals surface area contributed by atoms with Gasteiger partial charge in [0, 0.05) is 18.9 Å². The molecule has 0 bridgehead atoms. The van der Waals surface area contributed by atoms with Gasteiger partial charge in [-0.1, -0.05) is 19.9 Å². The second-order valence-corrected chi connectivity index (χ2v) is 5.94. The monoisotopic (exact) mass is 328 g/mol. The van der Waals surface area contributed by atoms with Gasteiger partial charge in [0.1, 0.15) is 0 Å². The van der Waals surface area contributed by atoms with E-state index in [4.69, 9.17) is 9.47 Å². The molecule has 5 nitrogen and oxygen atoms in total. The fraction of sp³-hybridized carbons (Fsp3) is 0.368. The van der Waals surface area contributed by atoms with Crippen molar-refractivity contribution in [1.82, 2.24) is 10.3 Å². The van der Waals surface area contributed by atoms with Gasteiger partial charge >= 0.3 is 0 Å². The summed E-state index contributed by atoms with van der Waals surface area (Å²) in [5.41, 5.74) is 1.48. The van der Waals surface area contributed by atoms with Crippen molar-refractivity contribution in [3.63, 3.8) is 0 Å². The Labute approximate surface area is 143 Å². The highest BCUT2D eigenvalue weighted by Crippen LogP contribution is 2.28. The number of nitrogens with zero attached hydrogens (tertiary/aromatic N) is 1. The summed E-state index contributed by atoms with van der Waals surface area (Å²) in [4.78, 5) is 16.0. The maximum atomic E-state index is 12.0. The average Bonchev–Trinajstić information content (AvgIpc) is 2.60. The second kappa shape index (κ2) is 8.91. The van der Waals surface area contributed by atoms with Crippen molar-refractivity contribution in [2.24, 2.45) is 5.92 Å². The number of aromatic nitrogens is 1. The molecule has 128 valence electrons. The quantitative estimate of drug-likeness (QED) is 0.806. The number of carbonyl (C=O) groups excluding carboxylic acids is 1. The minimum atomic E-state index is -0.153. The molecule has 0 fully saturated rings. The van der Waals surface area contributed by atoms with Crippen molar-refractivity contribution < 1.29 is 14.3 Å². The number of carbonyl (C=O) groups is 1. The predicted octanol–water partition coefficient (Wildman–Crippen LogP) is 3.45. The van der Waals surface area contributed by atoms with E-state index in [0.717, 1.165) is 17.7 Å². The number of benzene rings is 1. The third kappa shape index (κ3) is 5.26. The van der Waals surface area contributed by atoms with Crippen LogP contribution in [0.5, 0.6) is 11.5 Å². The van der Waals surface area contributed by atoms with Gasteiger partial charge in [0.05, 0.1) is 19.3 Å². The Hall–Kier alpha value is -2.56. The van der Waals surface area contributed by atoms with E-state index in [9.17, 15) is 4.79 Å². The Bertz CT molecular complexity index is 657. The van der Waals surface area contributed by atoms with Crippen LogP contribution in [0.2, 0.25) is 0 Å². The van der Waals surface area contributed by atoms with Crippen LogP contribution in [0, 0.1) is 5.92 Å². The van der Waals surface area contributed by atoms with Crippen molar-refractivity contribution in [2.75, 3.05) is 13.7 Å². The number of pyridine rings is 1. The van der Waals surface area contributed by atoms with Crippen LogP contribution in [0.25, 0.3) is 0 Å². The van der Waals surface area contributed by atoms with E-state index in [2.05, 4.69) is 24.1 Å². The highest BCUT2D eigenvalue weighted by Gasteiger charge is 2.08. The molecule has 1 aromatic carbocycles. The van der Waals surface area contributed by atoms with Crippen molar-refractivity contribution >= 4 is 5.91 Å². The Morgan fingerprint density at radius 2 is 2.08 bits per heavy atom. The molecule has 0 radical (unpaired) electrons. The molecule has 1 amide bonds. The molecular weight excluding hydrogens is 304 g/mol. The maximum absolute atomic E-state index is 12.0. The molecule has 24 heavy (non-hydrogen) atoms. The molecule has 0 saturated heterocycles. The van der Waals surface area contributed by atoms with Gasteiger partial charge in [-0.15, -0.1) is 0 Å². The van der Waals surface area contributed by atoms with Crippen molar-refractivity contribution in [3.05, 3.63) is 53.9 Å². The zero-order chi connectivity index (χ0) is 17.4. The second-order valence-electron chi connectivity index (χ2n) is 5.94. The molecule has 0 aliphatic heterocycles. The molecule has 0 spiro atoms. The first kappa shape index (κ1) is 17.8. The van der Waals surface area contributed by atoms with E-state index >= 15 is 0 Å². The van der Waals surface area contributed by atoms with Crippen LogP contribution in [-0.4, -0.2) is 24.6 Å². The van der Waals surface area contributed by atoms with Gasteiger partial charge < -0.3 is 14.8 Å². The summed E-state index contributed by atoms with van der Waals surface area (Å²) in [6, 6.07) is 9.16. The average molecular weight is 328 g/mol. The lowest BCUT2D eigenvalue weighted by Gasteiger charge is -2.13. The zero-order valence-corrected chi connectivity index (χ0v) is 14.4. The first-order chi connectivity index (χ1) is 11.6. The molecule has 0 aliphatic rings. The standard InChI is InChI=1S/C19H24N2O3/c1-14(2)8-10-24-17-7-6-15(11-18(17)23-3)12-21-19(22)16-5-4-9-20-13-16/h4-7,9,11,13-14H,8,10,12H2,1-3H3,(H,21,22). The smallest absolute Gasteiger partial charge is 0.253 e. The van der Waals surface area contributed by atoms with E-state index in [-0.39, 0.29) is 5.91 Å². The molecule has 1 N–H and O–H groups in total. The maximum Gasteiger partial charge on any atom is 0.253 e. The van der Waals surface area contributed by atoms with Gasteiger partial charge in [0.2, 0.25) is 0 Å². The number of amides is 1. The molecule has 2 rings (SSSR count). The van der Waals surface area contributed by atoms with Gasteiger partial charge in [0.15, 0.2) is 11.5 Å². The predicted molar refractivity (Wildman–Crippen MR) is 93.4 cm³/mol. The van der Waals surface area contributed by atoms with E-state index in [1.54, 1.807) is 31.6 Å². The van der Waals surface area contributed by atoms with Gasteiger partial charge in [-0.05, 0) is 42.2 Å². The molecule has 1 aromatic heterocycles. The fourth-order valence-corrected chi connectivity index (χ4v) is 2.13. The Balaban J connectivity index is 1.95. The van der Waals surface area contributed by atoms with Gasteiger partial charge in [-0.3, -0.25) is 9.78 Å². The third-order valence-electron chi connectivity index (χ3n) is 3.56. The highest BCUT2D eigenvalue weighted by molar-refractivity contribution is 5.93. The number of ether oxygens (including phenoxy) is 2. The van der Waals surface area contributed by atoms with Crippen LogP contribution in [0.4, 0.5) is 0 Å². The summed E-state index contributed by atoms with van der Waals surface area (Å²) in [6.45, 7) is 5.39. The Kier molecular flexibility index (Phi) is 6.61. The first-order valence-electron chi connectivity index (χ1n) is 8.08. The lowest BCUT2D eigenvalue weighted by atomic mass is 10.1. The minimum absolute atomic E-state index is 0.153. The van der Waals surface area contributed by atoms with Crippen LogP contribution in [0.15, 0.2) is 42.7 Å². The largest absolute Gasteiger partial charge is 0.493 e. The zero-order valence-electron chi connectivity index (χ0n) is 14.4. The van der Waals surface area contributed by atoms with Gasteiger partial charge in [-0.2, -0.15) is 0 Å². The first-order valence-corrected chi connectivity index (χ1v) is 8.08. The Morgan fingerprint density at radius 3 is 2.75 bits per heavy atom. The topological polar surface area (TPSA) is 60.5 Å². The molecule has 0 aliphatic carbocycles. The molecule has 0 saturated carbocycles. The van der Waals surface area contributed by atoms with E-state index < -0.39 is 0 Å². The van der Waals surface area contributed by atoms with Crippen LogP contribution >= 0.6 is 0 Å². The summed E-state index contributed by atoms with van der Waals surface area (Å²) in [5, 5.41) is 2.87. The minimum Gasteiger partial charge on any atom is -0.493 e. The third-order valence-corrected chi connectivity index (χ3v) is 3.56. The summed E-state index contributed by atoms with van der Waals surface area (Å²) >= 11 is 0. The van der Waals surface area contributed by atoms with Crippen LogP contribution in [0.3, 0.4) is 0 Å². The summed E-state index contributed by atoms with van der Waals surface area (Å²) < 4.78 is 11.2. The molecule has 2 aromatic rings. The van der Waals surface area contributed by atoms with Crippen molar-refractivity contribution in [1.29, 1.82) is 0 Å². The normalized spacial score (nSPS) is 10.5. The van der Waals surface area contributed by atoms with Crippen molar-refractivity contribution in [2.45, 2.75) is 26.8 Å². The molecule has 1 heterocycles.